The largest absolute Gasteiger partial charge is 0.233 e. The van der Waals surface area contributed by atoms with Crippen molar-refractivity contribution in [2.45, 2.75) is 0 Å². The fourth-order valence-electron chi connectivity index (χ4n) is 1.88. The van der Waals surface area contributed by atoms with Gasteiger partial charge in [0.1, 0.15) is 0 Å². The summed E-state index contributed by atoms with van der Waals surface area (Å²) in [5.74, 6) is 0. The molecule has 0 radical (unpaired) electrons. The Morgan fingerprint density at radius 2 is 1.88 bits per heavy atom. The first-order chi connectivity index (χ1) is 8.38. The Kier molecular flexibility index (Phi) is 2.13. The molecule has 0 spiro atoms. The lowest BCUT2D eigenvalue weighted by atomic mass is 10.2. The maximum Gasteiger partial charge on any atom is 0.0991 e. The maximum absolute atomic E-state index is 8.84. The summed E-state index contributed by atoms with van der Waals surface area (Å²) in [6.45, 7) is 0. The molecule has 17 heavy (non-hydrogen) atoms. The molecule has 0 amide bonds. The van der Waals surface area contributed by atoms with Gasteiger partial charge in [-0.1, -0.05) is 18.2 Å². The van der Waals surface area contributed by atoms with Crippen LogP contribution in [-0.2, 0) is 0 Å². The quantitative estimate of drug-likeness (QED) is 0.631. The van der Waals surface area contributed by atoms with E-state index in [0.29, 0.717) is 5.56 Å². The Morgan fingerprint density at radius 1 is 1.06 bits per heavy atom. The van der Waals surface area contributed by atoms with Crippen molar-refractivity contribution in [3.8, 4) is 11.8 Å². The summed E-state index contributed by atoms with van der Waals surface area (Å²) >= 11 is 0. The van der Waals surface area contributed by atoms with Gasteiger partial charge >= 0.3 is 0 Å². The third-order valence-corrected chi connectivity index (χ3v) is 2.70. The highest BCUT2D eigenvalue weighted by Crippen LogP contribution is 2.19. The molecule has 1 heterocycles. The van der Waals surface area contributed by atoms with Crippen LogP contribution in [-0.4, -0.2) is 9.78 Å². The van der Waals surface area contributed by atoms with E-state index in [4.69, 9.17) is 5.26 Å². The molecule has 0 aliphatic carbocycles. The lowest BCUT2D eigenvalue weighted by Crippen LogP contribution is -1.94. The van der Waals surface area contributed by atoms with Crippen molar-refractivity contribution in [2.75, 3.05) is 0 Å². The average molecular weight is 219 g/mol. The van der Waals surface area contributed by atoms with E-state index >= 15 is 0 Å². The van der Waals surface area contributed by atoms with Crippen molar-refractivity contribution in [2.24, 2.45) is 0 Å². The smallest absolute Gasteiger partial charge is 0.0991 e. The van der Waals surface area contributed by atoms with Gasteiger partial charge in [0.2, 0.25) is 0 Å². The fraction of sp³-hybridized carbons (Fsp3) is 0. The summed E-state index contributed by atoms with van der Waals surface area (Å²) < 4.78 is 1.87. The van der Waals surface area contributed by atoms with Gasteiger partial charge in [0.05, 0.1) is 29.0 Å². The van der Waals surface area contributed by atoms with Gasteiger partial charge in [-0.15, -0.1) is 0 Å². The minimum atomic E-state index is 0.658. The summed E-state index contributed by atoms with van der Waals surface area (Å²) in [4.78, 5) is 0. The molecule has 0 aliphatic rings. The standard InChI is InChI=1S/C14H9N3/c15-9-11-6-7-14-12(8-11)10-16-17(14)13-4-2-1-3-5-13/h1-8,10H. The molecule has 0 saturated heterocycles. The Morgan fingerprint density at radius 3 is 2.65 bits per heavy atom. The van der Waals surface area contributed by atoms with Crippen LogP contribution in [0.4, 0.5) is 0 Å². The van der Waals surface area contributed by atoms with E-state index < -0.39 is 0 Å². The van der Waals surface area contributed by atoms with Gasteiger partial charge in [0.15, 0.2) is 0 Å². The van der Waals surface area contributed by atoms with Crippen LogP contribution in [0.3, 0.4) is 0 Å². The molecular formula is C14H9N3. The summed E-state index contributed by atoms with van der Waals surface area (Å²) in [5.41, 5.74) is 2.69. The summed E-state index contributed by atoms with van der Waals surface area (Å²) in [6.07, 6.45) is 1.78. The molecule has 80 valence electrons. The zero-order valence-corrected chi connectivity index (χ0v) is 9.04. The lowest BCUT2D eigenvalue weighted by Gasteiger charge is -2.02. The van der Waals surface area contributed by atoms with Gasteiger partial charge in [-0.25, -0.2) is 4.68 Å². The highest BCUT2D eigenvalue weighted by Gasteiger charge is 2.04. The van der Waals surface area contributed by atoms with Crippen molar-refractivity contribution in [1.82, 2.24) is 9.78 Å². The highest BCUT2D eigenvalue weighted by atomic mass is 15.3. The average Bonchev–Trinajstić information content (AvgIpc) is 2.82. The first-order valence-electron chi connectivity index (χ1n) is 5.32. The second kappa shape index (κ2) is 3.76. The van der Waals surface area contributed by atoms with Gasteiger partial charge in [-0.3, -0.25) is 0 Å². The number of hydrogen-bond acceptors (Lipinski definition) is 2. The van der Waals surface area contributed by atoms with Crippen LogP contribution < -0.4 is 0 Å². The molecule has 1 aromatic heterocycles. The third-order valence-electron chi connectivity index (χ3n) is 2.70. The minimum Gasteiger partial charge on any atom is -0.233 e. The topological polar surface area (TPSA) is 41.6 Å². The van der Waals surface area contributed by atoms with Gasteiger partial charge in [-0.05, 0) is 30.3 Å². The van der Waals surface area contributed by atoms with Crippen molar-refractivity contribution in [3.05, 3.63) is 60.3 Å². The second-order valence-electron chi connectivity index (χ2n) is 3.78. The number of benzene rings is 2. The summed E-state index contributed by atoms with van der Waals surface area (Å²) in [6, 6.07) is 17.7. The molecule has 0 saturated carbocycles. The predicted octanol–water partition coefficient (Wildman–Crippen LogP) is 2.90. The number of para-hydroxylation sites is 1. The van der Waals surface area contributed by atoms with Crippen LogP contribution >= 0.6 is 0 Å². The zero-order chi connectivity index (χ0) is 11.7. The number of hydrogen-bond donors (Lipinski definition) is 0. The van der Waals surface area contributed by atoms with E-state index in [0.717, 1.165) is 16.6 Å². The lowest BCUT2D eigenvalue weighted by molar-refractivity contribution is 0.911. The molecule has 3 nitrogen and oxygen atoms in total. The van der Waals surface area contributed by atoms with E-state index in [1.807, 2.05) is 53.2 Å². The number of fused-ring (bicyclic) bond motifs is 1. The first kappa shape index (κ1) is 9.61. The Bertz CT molecular complexity index is 705. The Labute approximate surface area is 98.5 Å². The fourth-order valence-corrected chi connectivity index (χ4v) is 1.88. The van der Waals surface area contributed by atoms with Crippen molar-refractivity contribution in [3.63, 3.8) is 0 Å². The number of nitriles is 1. The SMILES string of the molecule is N#Cc1ccc2c(cnn2-c2ccccc2)c1. The molecular weight excluding hydrogens is 210 g/mol. The van der Waals surface area contributed by atoms with Crippen molar-refractivity contribution >= 4 is 10.9 Å². The van der Waals surface area contributed by atoms with Gasteiger partial charge in [0, 0.05) is 5.39 Å². The van der Waals surface area contributed by atoms with Crippen LogP contribution in [0.2, 0.25) is 0 Å². The van der Waals surface area contributed by atoms with Crippen LogP contribution in [0.25, 0.3) is 16.6 Å². The number of aromatic nitrogens is 2. The molecule has 0 fully saturated rings. The molecule has 0 N–H and O–H groups in total. The van der Waals surface area contributed by atoms with Crippen LogP contribution in [0.15, 0.2) is 54.7 Å². The Balaban J connectivity index is 2.23. The molecule has 2 aromatic carbocycles. The van der Waals surface area contributed by atoms with Crippen molar-refractivity contribution in [1.29, 1.82) is 5.26 Å². The summed E-state index contributed by atoms with van der Waals surface area (Å²) in [5, 5.41) is 14.2. The zero-order valence-electron chi connectivity index (χ0n) is 9.04. The molecule has 3 aromatic rings. The minimum absolute atomic E-state index is 0.658. The van der Waals surface area contributed by atoms with Crippen molar-refractivity contribution < 1.29 is 0 Å². The normalized spacial score (nSPS) is 10.3. The predicted molar refractivity (Wildman–Crippen MR) is 65.8 cm³/mol. The maximum atomic E-state index is 8.84. The van der Waals surface area contributed by atoms with Gasteiger partial charge < -0.3 is 0 Å². The number of rotatable bonds is 1. The molecule has 3 heteroatoms. The third kappa shape index (κ3) is 1.56. The van der Waals surface area contributed by atoms with E-state index in [1.54, 1.807) is 6.20 Å². The van der Waals surface area contributed by atoms with Gasteiger partial charge in [0.25, 0.3) is 0 Å². The van der Waals surface area contributed by atoms with E-state index in [-0.39, 0.29) is 0 Å². The van der Waals surface area contributed by atoms with Gasteiger partial charge in [-0.2, -0.15) is 10.4 Å². The highest BCUT2D eigenvalue weighted by molar-refractivity contribution is 5.81. The van der Waals surface area contributed by atoms with E-state index in [1.165, 1.54) is 0 Å². The first-order valence-corrected chi connectivity index (χ1v) is 5.32. The number of nitrogens with zero attached hydrogens (tertiary/aromatic N) is 3. The van der Waals surface area contributed by atoms with Crippen LogP contribution in [0, 0.1) is 11.3 Å². The molecule has 3 rings (SSSR count). The van der Waals surface area contributed by atoms with E-state index in [9.17, 15) is 0 Å². The molecule has 0 bridgehead atoms. The van der Waals surface area contributed by atoms with Crippen LogP contribution in [0.5, 0.6) is 0 Å². The molecule has 0 aliphatic heterocycles. The van der Waals surface area contributed by atoms with Crippen LogP contribution in [0.1, 0.15) is 5.56 Å². The monoisotopic (exact) mass is 219 g/mol. The van der Waals surface area contributed by atoms with E-state index in [2.05, 4.69) is 11.2 Å². The second-order valence-corrected chi connectivity index (χ2v) is 3.78. The summed E-state index contributed by atoms with van der Waals surface area (Å²) in [7, 11) is 0. The Hall–Kier alpha value is -2.60. The molecule has 0 unspecified atom stereocenters. The molecule has 0 atom stereocenters.